The molecule has 100 valence electrons. The summed E-state index contributed by atoms with van der Waals surface area (Å²) in [5, 5.41) is 0. The lowest BCUT2D eigenvalue weighted by Crippen LogP contribution is -2.23. The monoisotopic (exact) mass is 385 g/mol. The first-order chi connectivity index (χ1) is 8.62. The fraction of sp³-hybridized carbons (Fsp3) is 0.400. The molecule has 0 radical (unpaired) electrons. The Kier molecular flexibility index (Phi) is 6.50. The molecular formula is C10H12INO5S. The van der Waals surface area contributed by atoms with Crippen LogP contribution in [-0.4, -0.2) is 37.0 Å². The molecular weight excluding hydrogens is 373 g/mol. The summed E-state index contributed by atoms with van der Waals surface area (Å²) in [6.45, 7) is 0.500. The molecule has 0 aliphatic rings. The van der Waals surface area contributed by atoms with Crippen molar-refractivity contribution in [3.05, 3.63) is 23.7 Å². The van der Waals surface area contributed by atoms with E-state index in [0.717, 1.165) is 0 Å². The molecule has 0 aliphatic carbocycles. The van der Waals surface area contributed by atoms with E-state index in [2.05, 4.69) is 30.7 Å². The van der Waals surface area contributed by atoms with Crippen molar-refractivity contribution in [2.45, 2.75) is 6.54 Å². The highest BCUT2D eigenvalue weighted by atomic mass is 127. The summed E-state index contributed by atoms with van der Waals surface area (Å²) in [6.07, 6.45) is 1.41. The molecule has 1 aromatic heterocycles. The van der Waals surface area contributed by atoms with E-state index in [9.17, 15) is 9.59 Å². The number of carbonyl (C=O) groups excluding carboxylic acids is 2. The minimum atomic E-state index is -0.536. The van der Waals surface area contributed by atoms with Gasteiger partial charge in [-0.25, -0.2) is 9.10 Å². The van der Waals surface area contributed by atoms with E-state index in [1.165, 1.54) is 29.6 Å². The van der Waals surface area contributed by atoms with Gasteiger partial charge in [0.15, 0.2) is 0 Å². The number of esters is 2. The van der Waals surface area contributed by atoms with E-state index in [1.54, 1.807) is 10.4 Å². The maximum atomic E-state index is 11.4. The second kappa shape index (κ2) is 7.64. The summed E-state index contributed by atoms with van der Waals surface area (Å²) >= 11 is 2.05. The number of nitrogens with zero attached hydrogens (tertiary/aromatic N) is 1. The molecule has 0 saturated carbocycles. The van der Waals surface area contributed by atoms with Gasteiger partial charge < -0.3 is 13.9 Å². The number of furan rings is 1. The Labute approximate surface area is 121 Å². The summed E-state index contributed by atoms with van der Waals surface area (Å²) in [5.41, 5.74) is 0.662. The zero-order chi connectivity index (χ0) is 13.5. The maximum Gasteiger partial charge on any atom is 0.374 e. The van der Waals surface area contributed by atoms with Gasteiger partial charge in [-0.1, -0.05) is 0 Å². The highest BCUT2D eigenvalue weighted by Gasteiger charge is 2.19. The van der Waals surface area contributed by atoms with Crippen LogP contribution in [0.5, 0.6) is 0 Å². The predicted molar refractivity (Wildman–Crippen MR) is 74.1 cm³/mol. The summed E-state index contributed by atoms with van der Waals surface area (Å²) in [4.78, 5) is 22.6. The third kappa shape index (κ3) is 4.18. The van der Waals surface area contributed by atoms with Crippen LogP contribution in [0, 0.1) is 0 Å². The number of rotatable bonds is 6. The van der Waals surface area contributed by atoms with Crippen molar-refractivity contribution >= 4 is 42.3 Å². The van der Waals surface area contributed by atoms with Crippen molar-refractivity contribution in [2.24, 2.45) is 0 Å². The quantitative estimate of drug-likeness (QED) is 0.422. The average Bonchev–Trinajstić information content (AvgIpc) is 2.84. The van der Waals surface area contributed by atoms with Gasteiger partial charge in [-0.2, -0.15) is 0 Å². The van der Waals surface area contributed by atoms with Gasteiger partial charge in [0.1, 0.15) is 6.54 Å². The van der Waals surface area contributed by atoms with E-state index in [0.29, 0.717) is 12.1 Å². The summed E-state index contributed by atoms with van der Waals surface area (Å²) in [5.74, 6) is -0.730. The van der Waals surface area contributed by atoms with Gasteiger partial charge in [0.25, 0.3) is 0 Å². The number of methoxy groups -OCH3 is 2. The fourth-order valence-corrected chi connectivity index (χ4v) is 2.41. The lowest BCUT2D eigenvalue weighted by Gasteiger charge is -2.15. The van der Waals surface area contributed by atoms with Crippen molar-refractivity contribution in [2.75, 3.05) is 20.8 Å². The molecule has 18 heavy (non-hydrogen) atoms. The molecule has 1 heterocycles. The average molecular weight is 385 g/mol. The van der Waals surface area contributed by atoms with Crippen molar-refractivity contribution in [1.82, 2.24) is 4.31 Å². The van der Waals surface area contributed by atoms with Crippen LogP contribution in [0.3, 0.4) is 0 Å². The summed E-state index contributed by atoms with van der Waals surface area (Å²) in [7, 11) is 3.96. The summed E-state index contributed by atoms with van der Waals surface area (Å²) in [6, 6.07) is 1.67. The van der Waals surface area contributed by atoms with Crippen LogP contribution in [0.15, 0.2) is 16.7 Å². The Morgan fingerprint density at radius 2 is 2.17 bits per heavy atom. The minimum absolute atomic E-state index is 0.121. The Balaban J connectivity index is 2.73. The molecule has 0 N–H and O–H groups in total. The molecule has 0 unspecified atom stereocenters. The highest BCUT2D eigenvalue weighted by Crippen LogP contribution is 2.23. The second-order valence-corrected chi connectivity index (χ2v) is 5.05. The normalized spacial score (nSPS) is 10.4. The Bertz CT molecular complexity index is 422. The Morgan fingerprint density at radius 3 is 2.72 bits per heavy atom. The van der Waals surface area contributed by atoms with Gasteiger partial charge in [-0.05, 0) is 15.2 Å². The zero-order valence-corrected chi connectivity index (χ0v) is 12.8. The van der Waals surface area contributed by atoms with Crippen LogP contribution in [0.1, 0.15) is 16.1 Å². The smallest absolute Gasteiger partial charge is 0.374 e. The highest BCUT2D eigenvalue weighted by molar-refractivity contribution is 14.2. The third-order valence-electron chi connectivity index (χ3n) is 2.09. The molecule has 8 heteroatoms. The molecule has 0 atom stereocenters. The van der Waals surface area contributed by atoms with Crippen LogP contribution in [0.2, 0.25) is 0 Å². The van der Waals surface area contributed by atoms with Gasteiger partial charge in [0.2, 0.25) is 5.76 Å². The first-order valence-corrected chi connectivity index (χ1v) is 8.19. The van der Waals surface area contributed by atoms with Gasteiger partial charge >= 0.3 is 11.9 Å². The topological polar surface area (TPSA) is 69.0 Å². The molecule has 0 saturated heterocycles. The molecule has 0 spiro atoms. The standard InChI is InChI=1S/C10H12INO5S/c1-15-8(13)6-12(18-11)5-7-3-4-17-9(7)10(14)16-2/h3-4H,5-6H2,1-2H3. The molecule has 0 fully saturated rings. The van der Waals surface area contributed by atoms with Gasteiger partial charge in [0.05, 0.1) is 20.5 Å². The molecule has 6 nitrogen and oxygen atoms in total. The minimum Gasteiger partial charge on any atom is -0.468 e. The lowest BCUT2D eigenvalue weighted by molar-refractivity contribution is -0.140. The van der Waals surface area contributed by atoms with Crippen molar-refractivity contribution in [3.63, 3.8) is 0 Å². The number of ether oxygens (including phenoxy) is 2. The van der Waals surface area contributed by atoms with E-state index in [4.69, 9.17) is 4.42 Å². The van der Waals surface area contributed by atoms with Crippen molar-refractivity contribution in [1.29, 1.82) is 0 Å². The zero-order valence-electron chi connectivity index (χ0n) is 9.84. The number of hydrogen-bond donors (Lipinski definition) is 0. The van der Waals surface area contributed by atoms with Crippen molar-refractivity contribution < 1.29 is 23.5 Å². The van der Waals surface area contributed by atoms with Crippen LogP contribution in [-0.2, 0) is 20.8 Å². The van der Waals surface area contributed by atoms with E-state index >= 15 is 0 Å². The van der Waals surface area contributed by atoms with E-state index < -0.39 is 5.97 Å². The lowest BCUT2D eigenvalue weighted by atomic mass is 10.2. The molecule has 1 rings (SSSR count). The molecule has 0 aromatic carbocycles. The SMILES string of the molecule is COC(=O)CN(Cc1ccoc1C(=O)OC)SI. The van der Waals surface area contributed by atoms with Gasteiger partial charge in [-0.15, -0.1) is 0 Å². The number of halogens is 1. The van der Waals surface area contributed by atoms with Gasteiger partial charge in [0, 0.05) is 33.3 Å². The molecule has 0 aliphatic heterocycles. The van der Waals surface area contributed by atoms with Crippen LogP contribution in [0.25, 0.3) is 0 Å². The molecule has 0 bridgehead atoms. The van der Waals surface area contributed by atoms with E-state index in [-0.39, 0.29) is 18.3 Å². The third-order valence-corrected chi connectivity index (χ3v) is 4.22. The molecule has 0 amide bonds. The number of hydrogen-bond acceptors (Lipinski definition) is 7. The Morgan fingerprint density at radius 1 is 1.44 bits per heavy atom. The van der Waals surface area contributed by atoms with E-state index in [1.807, 2.05) is 0 Å². The fourth-order valence-electron chi connectivity index (χ4n) is 1.24. The van der Waals surface area contributed by atoms with Crippen LogP contribution in [0.4, 0.5) is 0 Å². The second-order valence-electron chi connectivity index (χ2n) is 3.21. The van der Waals surface area contributed by atoms with Crippen molar-refractivity contribution in [3.8, 4) is 0 Å². The Hall–Kier alpha value is -0.740. The first kappa shape index (κ1) is 15.3. The summed E-state index contributed by atoms with van der Waals surface area (Å²) < 4.78 is 16.0. The maximum absolute atomic E-state index is 11.4. The predicted octanol–water partition coefficient (Wildman–Crippen LogP) is 2.04. The van der Waals surface area contributed by atoms with Crippen LogP contribution < -0.4 is 0 Å². The van der Waals surface area contributed by atoms with Gasteiger partial charge in [-0.3, -0.25) is 4.79 Å². The molecule has 1 aromatic rings. The van der Waals surface area contributed by atoms with Crippen LogP contribution >= 0.6 is 30.3 Å². The largest absolute Gasteiger partial charge is 0.468 e. The number of carbonyl (C=O) groups is 2. The first-order valence-electron chi connectivity index (χ1n) is 4.87.